The molecule has 4 rings (SSSR count). The van der Waals surface area contributed by atoms with E-state index in [2.05, 4.69) is 9.82 Å². The molecule has 3 heterocycles. The van der Waals surface area contributed by atoms with Gasteiger partial charge in [0, 0.05) is 11.1 Å². The first kappa shape index (κ1) is 19.0. The smallest absolute Gasteiger partial charge is 0.263 e. The summed E-state index contributed by atoms with van der Waals surface area (Å²) in [5, 5.41) is 4.69. The van der Waals surface area contributed by atoms with E-state index in [1.807, 2.05) is 0 Å². The molecule has 0 bridgehead atoms. The highest BCUT2D eigenvalue weighted by atomic mass is 35.5. The Bertz CT molecular complexity index is 1220. The maximum absolute atomic E-state index is 12.8. The van der Waals surface area contributed by atoms with Crippen molar-refractivity contribution in [1.82, 2.24) is 9.78 Å². The molecule has 28 heavy (non-hydrogen) atoms. The molecule has 1 fully saturated rings. The van der Waals surface area contributed by atoms with Gasteiger partial charge < -0.3 is 4.42 Å². The third-order valence-electron chi connectivity index (χ3n) is 4.41. The molecular formula is C17H16ClN3O5S2. The van der Waals surface area contributed by atoms with Gasteiger partial charge in [-0.2, -0.15) is 5.10 Å². The predicted molar refractivity (Wildman–Crippen MR) is 104 cm³/mol. The van der Waals surface area contributed by atoms with Gasteiger partial charge in [0.1, 0.15) is 11.5 Å². The predicted octanol–water partition coefficient (Wildman–Crippen LogP) is 2.96. The summed E-state index contributed by atoms with van der Waals surface area (Å²) in [7, 11) is -7.13. The van der Waals surface area contributed by atoms with Crippen LogP contribution in [0.25, 0.3) is 11.5 Å². The molecule has 8 nitrogen and oxygen atoms in total. The first-order valence-corrected chi connectivity index (χ1v) is 12.0. The lowest BCUT2D eigenvalue weighted by atomic mass is 10.3. The average molecular weight is 442 g/mol. The van der Waals surface area contributed by atoms with Gasteiger partial charge in [-0.15, -0.1) is 0 Å². The second kappa shape index (κ2) is 6.94. The largest absolute Gasteiger partial charge is 0.463 e. The summed E-state index contributed by atoms with van der Waals surface area (Å²) in [4.78, 5) is -0.00802. The van der Waals surface area contributed by atoms with Crippen LogP contribution in [0.4, 0.5) is 5.82 Å². The number of benzene rings is 1. The molecule has 3 aromatic rings. The molecule has 1 saturated heterocycles. The summed E-state index contributed by atoms with van der Waals surface area (Å²) in [6.07, 6.45) is 1.83. The Kier molecular flexibility index (Phi) is 4.72. The monoisotopic (exact) mass is 441 g/mol. The first-order valence-electron chi connectivity index (χ1n) is 8.36. The molecule has 0 spiro atoms. The highest BCUT2D eigenvalue weighted by Gasteiger charge is 2.32. The fourth-order valence-electron chi connectivity index (χ4n) is 3.09. The highest BCUT2D eigenvalue weighted by Crippen LogP contribution is 2.31. The maximum atomic E-state index is 12.8. The van der Waals surface area contributed by atoms with Gasteiger partial charge in [-0.05, 0) is 36.8 Å². The van der Waals surface area contributed by atoms with Gasteiger partial charge in [0.15, 0.2) is 15.6 Å². The van der Waals surface area contributed by atoms with E-state index in [1.54, 1.807) is 18.2 Å². The molecule has 0 radical (unpaired) electrons. The number of halogens is 1. The maximum Gasteiger partial charge on any atom is 0.263 e. The van der Waals surface area contributed by atoms with Crippen molar-refractivity contribution in [1.29, 1.82) is 0 Å². The normalized spacial score (nSPS) is 19.0. The molecule has 0 unspecified atom stereocenters. The van der Waals surface area contributed by atoms with Gasteiger partial charge >= 0.3 is 0 Å². The molecule has 11 heteroatoms. The molecule has 0 aliphatic carbocycles. The first-order chi connectivity index (χ1) is 13.2. The number of rotatable bonds is 5. The minimum absolute atomic E-state index is 0.00802. The van der Waals surface area contributed by atoms with E-state index in [0.717, 1.165) is 0 Å². The van der Waals surface area contributed by atoms with Crippen molar-refractivity contribution in [2.45, 2.75) is 17.4 Å². The molecule has 1 aliphatic rings. The third kappa shape index (κ3) is 3.80. The van der Waals surface area contributed by atoms with Gasteiger partial charge in [0.05, 0.1) is 28.7 Å². The number of nitrogens with zero attached hydrogens (tertiary/aromatic N) is 2. The molecule has 148 valence electrons. The van der Waals surface area contributed by atoms with E-state index in [0.29, 0.717) is 17.9 Å². The van der Waals surface area contributed by atoms with Gasteiger partial charge in [0.25, 0.3) is 10.0 Å². The number of nitrogens with one attached hydrogen (secondary N) is 1. The second-order valence-electron chi connectivity index (χ2n) is 6.46. The number of hydrogen-bond acceptors (Lipinski definition) is 6. The number of aromatic nitrogens is 2. The number of hydrogen-bond donors (Lipinski definition) is 1. The summed E-state index contributed by atoms with van der Waals surface area (Å²) < 4.78 is 58.6. The molecule has 1 N–H and O–H groups in total. The van der Waals surface area contributed by atoms with Crippen molar-refractivity contribution in [3.63, 3.8) is 0 Å². The topological polar surface area (TPSA) is 111 Å². The fourth-order valence-corrected chi connectivity index (χ4v) is 6.13. The Labute approximate surface area is 167 Å². The van der Waals surface area contributed by atoms with Gasteiger partial charge in [-0.1, -0.05) is 17.7 Å². The van der Waals surface area contributed by atoms with Crippen LogP contribution in [0.3, 0.4) is 0 Å². The minimum Gasteiger partial charge on any atom is -0.463 e. The molecule has 0 amide bonds. The van der Waals surface area contributed by atoms with Crippen LogP contribution in [0.5, 0.6) is 0 Å². The number of sulfone groups is 1. The van der Waals surface area contributed by atoms with Crippen molar-refractivity contribution in [2.24, 2.45) is 0 Å². The average Bonchev–Trinajstić information content (AvgIpc) is 3.34. The Balaban J connectivity index is 1.75. The SMILES string of the molecule is O=S1(=O)CC[C@@H](n2nc(-c3ccco3)cc2NS(=O)(=O)c2cccc(Cl)c2)C1. The van der Waals surface area contributed by atoms with Crippen LogP contribution in [0.15, 0.2) is 58.0 Å². The van der Waals surface area contributed by atoms with Crippen molar-refractivity contribution < 1.29 is 21.3 Å². The zero-order valence-electron chi connectivity index (χ0n) is 14.4. The van der Waals surface area contributed by atoms with Crippen molar-refractivity contribution in [3.8, 4) is 11.5 Å². The van der Waals surface area contributed by atoms with Gasteiger partial charge in [-0.25, -0.2) is 21.5 Å². The van der Waals surface area contributed by atoms with E-state index in [-0.39, 0.29) is 27.2 Å². The quantitative estimate of drug-likeness (QED) is 0.651. The number of sulfonamides is 1. The number of furan rings is 1. The van der Waals surface area contributed by atoms with Crippen LogP contribution in [0, 0.1) is 0 Å². The molecular weight excluding hydrogens is 426 g/mol. The lowest BCUT2D eigenvalue weighted by molar-refractivity contribution is 0.504. The molecule has 1 aliphatic heterocycles. The summed E-state index contributed by atoms with van der Waals surface area (Å²) in [5.41, 5.74) is 0.401. The zero-order valence-corrected chi connectivity index (χ0v) is 16.8. The molecule has 1 atom stereocenters. The van der Waals surface area contributed by atoms with E-state index >= 15 is 0 Å². The summed E-state index contributed by atoms with van der Waals surface area (Å²) >= 11 is 5.90. The number of anilines is 1. The lowest BCUT2D eigenvalue weighted by Gasteiger charge is -2.14. The summed E-state index contributed by atoms with van der Waals surface area (Å²) in [6, 6.07) is 10.3. The van der Waals surface area contributed by atoms with Gasteiger partial charge in [0.2, 0.25) is 0 Å². The van der Waals surface area contributed by atoms with Crippen LogP contribution < -0.4 is 4.72 Å². The third-order valence-corrected chi connectivity index (χ3v) is 7.75. The van der Waals surface area contributed by atoms with Crippen LogP contribution in [-0.2, 0) is 19.9 Å². The summed E-state index contributed by atoms with van der Waals surface area (Å²) in [6.45, 7) is 0. The van der Waals surface area contributed by atoms with Crippen molar-refractivity contribution in [3.05, 3.63) is 53.8 Å². The van der Waals surface area contributed by atoms with Crippen LogP contribution in [0.1, 0.15) is 12.5 Å². The lowest BCUT2D eigenvalue weighted by Crippen LogP contribution is -2.20. The van der Waals surface area contributed by atoms with Gasteiger partial charge in [-0.3, -0.25) is 4.72 Å². The van der Waals surface area contributed by atoms with E-state index in [4.69, 9.17) is 16.0 Å². The van der Waals surface area contributed by atoms with Crippen molar-refractivity contribution in [2.75, 3.05) is 16.2 Å². The Morgan fingerprint density at radius 2 is 2.04 bits per heavy atom. The summed E-state index contributed by atoms with van der Waals surface area (Å²) in [5.74, 6) is 0.544. The Morgan fingerprint density at radius 3 is 2.68 bits per heavy atom. The zero-order chi connectivity index (χ0) is 19.9. The highest BCUT2D eigenvalue weighted by molar-refractivity contribution is 7.92. The molecule has 1 aromatic carbocycles. The molecule has 0 saturated carbocycles. The van der Waals surface area contributed by atoms with E-state index < -0.39 is 25.9 Å². The van der Waals surface area contributed by atoms with Crippen LogP contribution >= 0.6 is 11.6 Å². The van der Waals surface area contributed by atoms with Crippen LogP contribution in [0.2, 0.25) is 5.02 Å². The Morgan fingerprint density at radius 1 is 1.21 bits per heavy atom. The van der Waals surface area contributed by atoms with E-state index in [9.17, 15) is 16.8 Å². The fraction of sp³-hybridized carbons (Fsp3) is 0.235. The second-order valence-corrected chi connectivity index (χ2v) is 10.8. The Hall–Kier alpha value is -2.30. The molecule has 2 aromatic heterocycles. The standard InChI is InChI=1S/C17H16ClN3O5S2/c18-12-3-1-4-14(9-12)28(24,25)20-17-10-15(16-5-2-7-26-16)19-21(17)13-6-8-27(22,23)11-13/h1-5,7,9-10,13,20H,6,8,11H2/t13-/m1/s1. The van der Waals surface area contributed by atoms with E-state index in [1.165, 1.54) is 35.2 Å². The van der Waals surface area contributed by atoms with Crippen LogP contribution in [-0.4, -0.2) is 38.1 Å². The van der Waals surface area contributed by atoms with Crippen molar-refractivity contribution >= 4 is 37.3 Å². The minimum atomic E-state index is -3.95.